The SMILES string of the molecule is CC(=O)OCCCCn1nc(-c2ccccc2)c(N=Nc2ccc(C)cc2)c1C(F)(F)C(F)(F)C(F)(F)F. The highest BCUT2D eigenvalue weighted by molar-refractivity contribution is 5.74. The molecule has 0 atom stereocenters. The zero-order valence-corrected chi connectivity index (χ0v) is 20.3. The molecule has 1 heterocycles. The molecular formula is C25H23F7N4O2. The Morgan fingerprint density at radius 1 is 0.921 bits per heavy atom. The molecule has 3 rings (SSSR count). The number of hydrogen-bond donors (Lipinski definition) is 0. The molecule has 0 amide bonds. The highest BCUT2D eigenvalue weighted by Crippen LogP contribution is 2.55. The number of halogens is 7. The van der Waals surface area contributed by atoms with E-state index in [-0.39, 0.29) is 36.4 Å². The molecule has 0 unspecified atom stereocenters. The number of carbonyl (C=O) groups is 1. The Bertz CT molecular complexity index is 1270. The molecule has 0 aliphatic carbocycles. The second-order valence-corrected chi connectivity index (χ2v) is 8.36. The zero-order valence-electron chi connectivity index (χ0n) is 20.3. The van der Waals surface area contributed by atoms with Crippen molar-refractivity contribution in [3.8, 4) is 11.3 Å². The minimum atomic E-state index is -6.57. The number of alkyl halides is 7. The van der Waals surface area contributed by atoms with Gasteiger partial charge in [-0.3, -0.25) is 9.48 Å². The molecule has 13 heteroatoms. The second-order valence-electron chi connectivity index (χ2n) is 8.36. The number of esters is 1. The van der Waals surface area contributed by atoms with E-state index in [1.165, 1.54) is 36.4 Å². The van der Waals surface area contributed by atoms with Gasteiger partial charge in [-0.2, -0.15) is 40.9 Å². The number of benzene rings is 2. The van der Waals surface area contributed by atoms with Gasteiger partial charge < -0.3 is 4.74 Å². The molecule has 0 bridgehead atoms. The van der Waals surface area contributed by atoms with E-state index in [0.717, 1.165) is 12.5 Å². The van der Waals surface area contributed by atoms with Crippen LogP contribution in [-0.4, -0.2) is 34.5 Å². The molecule has 0 saturated heterocycles. The van der Waals surface area contributed by atoms with Crippen LogP contribution in [0.5, 0.6) is 0 Å². The Labute approximate surface area is 213 Å². The van der Waals surface area contributed by atoms with Crippen LogP contribution in [0.2, 0.25) is 0 Å². The molecule has 0 spiro atoms. The molecule has 38 heavy (non-hydrogen) atoms. The number of ether oxygens (including phenoxy) is 1. The minimum Gasteiger partial charge on any atom is -0.466 e. The Morgan fingerprint density at radius 3 is 2.13 bits per heavy atom. The molecule has 0 aliphatic heterocycles. The van der Waals surface area contributed by atoms with Crippen LogP contribution in [0.3, 0.4) is 0 Å². The fraction of sp³-hybridized carbons (Fsp3) is 0.360. The molecule has 204 valence electrons. The van der Waals surface area contributed by atoms with Crippen molar-refractivity contribution >= 4 is 17.3 Å². The van der Waals surface area contributed by atoms with E-state index in [0.29, 0.717) is 4.68 Å². The molecule has 0 saturated carbocycles. The van der Waals surface area contributed by atoms with Crippen molar-refractivity contribution in [2.24, 2.45) is 10.2 Å². The molecule has 0 radical (unpaired) electrons. The number of azo groups is 1. The van der Waals surface area contributed by atoms with Gasteiger partial charge in [0, 0.05) is 19.0 Å². The van der Waals surface area contributed by atoms with Gasteiger partial charge in [-0.1, -0.05) is 48.0 Å². The van der Waals surface area contributed by atoms with Crippen LogP contribution >= 0.6 is 0 Å². The van der Waals surface area contributed by atoms with Gasteiger partial charge in [0.2, 0.25) is 0 Å². The van der Waals surface area contributed by atoms with E-state index in [1.807, 2.05) is 0 Å². The van der Waals surface area contributed by atoms with Crippen LogP contribution in [0.4, 0.5) is 42.1 Å². The Hall–Kier alpha value is -3.77. The lowest BCUT2D eigenvalue weighted by Gasteiger charge is -2.28. The summed E-state index contributed by atoms with van der Waals surface area (Å²) < 4.78 is 104. The maximum absolute atomic E-state index is 15.2. The maximum atomic E-state index is 15.2. The van der Waals surface area contributed by atoms with Crippen LogP contribution < -0.4 is 0 Å². The van der Waals surface area contributed by atoms with E-state index in [1.54, 1.807) is 25.1 Å². The highest BCUT2D eigenvalue weighted by atomic mass is 19.4. The van der Waals surface area contributed by atoms with Gasteiger partial charge in [0.25, 0.3) is 0 Å². The fourth-order valence-electron chi connectivity index (χ4n) is 3.44. The predicted octanol–water partition coefficient (Wildman–Crippen LogP) is 7.91. The average molecular weight is 544 g/mol. The first-order chi connectivity index (χ1) is 17.8. The minimum absolute atomic E-state index is 0.0294. The Kier molecular flexibility index (Phi) is 8.58. The number of carbonyl (C=O) groups excluding carboxylic acids is 1. The standard InChI is InChI=1S/C25H23F7N4O2/c1-16-10-12-19(13-11-16)33-34-21-20(18-8-4-3-5-9-18)35-36(14-6-7-15-38-17(2)37)22(21)23(26,27)24(28,29)25(30,31)32/h3-5,8-13H,6-7,14-15H2,1-2H3. The smallest absolute Gasteiger partial charge is 0.460 e. The monoisotopic (exact) mass is 544 g/mol. The van der Waals surface area contributed by atoms with E-state index in [9.17, 15) is 26.7 Å². The van der Waals surface area contributed by atoms with Crippen LogP contribution in [-0.2, 0) is 22.0 Å². The van der Waals surface area contributed by atoms with Gasteiger partial charge in [0.15, 0.2) is 0 Å². The highest BCUT2D eigenvalue weighted by Gasteiger charge is 2.75. The molecule has 6 nitrogen and oxygen atoms in total. The normalized spacial score (nSPS) is 12.8. The Morgan fingerprint density at radius 2 is 1.55 bits per heavy atom. The van der Waals surface area contributed by atoms with Gasteiger partial charge in [-0.15, -0.1) is 5.11 Å². The number of hydrogen-bond acceptors (Lipinski definition) is 5. The first-order valence-corrected chi connectivity index (χ1v) is 11.4. The number of unbranched alkanes of at least 4 members (excludes halogenated alkanes) is 1. The summed E-state index contributed by atoms with van der Waals surface area (Å²) in [6.45, 7) is 2.34. The zero-order chi connectivity index (χ0) is 28.1. The molecule has 0 fully saturated rings. The molecule has 0 aliphatic rings. The van der Waals surface area contributed by atoms with Crippen molar-refractivity contribution < 1.29 is 40.3 Å². The fourth-order valence-corrected chi connectivity index (χ4v) is 3.44. The number of nitrogens with zero attached hydrogens (tertiary/aromatic N) is 4. The summed E-state index contributed by atoms with van der Waals surface area (Å²) in [6, 6.07) is 13.7. The Balaban J connectivity index is 2.20. The molecule has 3 aromatic rings. The third-order valence-corrected chi connectivity index (χ3v) is 5.39. The molecule has 2 aromatic carbocycles. The molecule has 0 N–H and O–H groups in total. The van der Waals surface area contributed by atoms with Crippen molar-refractivity contribution in [3.63, 3.8) is 0 Å². The summed E-state index contributed by atoms with van der Waals surface area (Å²) in [6.07, 6.45) is -6.49. The summed E-state index contributed by atoms with van der Waals surface area (Å²) >= 11 is 0. The van der Waals surface area contributed by atoms with E-state index in [2.05, 4.69) is 15.3 Å². The summed E-state index contributed by atoms with van der Waals surface area (Å²) in [5.41, 5.74) is -1.87. The molecule has 1 aromatic heterocycles. The lowest BCUT2D eigenvalue weighted by atomic mass is 10.0. The lowest BCUT2D eigenvalue weighted by Crippen LogP contribution is -2.50. The van der Waals surface area contributed by atoms with E-state index in [4.69, 9.17) is 4.74 Å². The predicted molar refractivity (Wildman–Crippen MR) is 124 cm³/mol. The van der Waals surface area contributed by atoms with Crippen LogP contribution in [0.1, 0.15) is 31.0 Å². The van der Waals surface area contributed by atoms with Gasteiger partial charge in [0.05, 0.1) is 12.3 Å². The van der Waals surface area contributed by atoms with Crippen LogP contribution in [0.15, 0.2) is 64.8 Å². The topological polar surface area (TPSA) is 68.8 Å². The third kappa shape index (κ3) is 6.20. The second kappa shape index (κ2) is 11.3. The first-order valence-electron chi connectivity index (χ1n) is 11.4. The van der Waals surface area contributed by atoms with Crippen molar-refractivity contribution in [1.82, 2.24) is 9.78 Å². The van der Waals surface area contributed by atoms with Gasteiger partial charge in [-0.25, -0.2) is 0 Å². The van der Waals surface area contributed by atoms with Gasteiger partial charge >= 0.3 is 24.0 Å². The number of aryl methyl sites for hydroxylation is 2. The lowest BCUT2D eigenvalue weighted by molar-refractivity contribution is -0.360. The summed E-state index contributed by atoms with van der Waals surface area (Å²) in [5.74, 6) is -12.8. The van der Waals surface area contributed by atoms with Crippen LogP contribution in [0.25, 0.3) is 11.3 Å². The number of aromatic nitrogens is 2. The summed E-state index contributed by atoms with van der Waals surface area (Å²) in [4.78, 5) is 10.9. The van der Waals surface area contributed by atoms with E-state index < -0.39 is 41.9 Å². The van der Waals surface area contributed by atoms with Crippen LogP contribution in [0, 0.1) is 6.92 Å². The number of rotatable bonds is 10. The largest absolute Gasteiger partial charge is 0.466 e. The summed E-state index contributed by atoms with van der Waals surface area (Å²) in [7, 11) is 0. The maximum Gasteiger partial charge on any atom is 0.460 e. The first kappa shape index (κ1) is 28.8. The quantitative estimate of drug-likeness (QED) is 0.113. The van der Waals surface area contributed by atoms with Crippen molar-refractivity contribution in [3.05, 3.63) is 65.9 Å². The summed E-state index contributed by atoms with van der Waals surface area (Å²) in [5, 5.41) is 11.5. The van der Waals surface area contributed by atoms with E-state index >= 15 is 8.78 Å². The van der Waals surface area contributed by atoms with Crippen molar-refractivity contribution in [2.45, 2.75) is 51.3 Å². The third-order valence-electron chi connectivity index (χ3n) is 5.39. The molecular weight excluding hydrogens is 521 g/mol. The van der Waals surface area contributed by atoms with Gasteiger partial charge in [0.1, 0.15) is 17.1 Å². The van der Waals surface area contributed by atoms with Crippen molar-refractivity contribution in [1.29, 1.82) is 0 Å². The average Bonchev–Trinajstić information content (AvgIpc) is 3.22. The van der Waals surface area contributed by atoms with Gasteiger partial charge in [-0.05, 0) is 31.9 Å². The van der Waals surface area contributed by atoms with Crippen molar-refractivity contribution in [2.75, 3.05) is 6.61 Å².